The van der Waals surface area contributed by atoms with Crippen molar-refractivity contribution in [3.8, 4) is 5.69 Å². The number of carbonyl (C=O) groups is 1. The lowest BCUT2D eigenvalue weighted by Gasteiger charge is -2.06. The average Bonchev–Trinajstić information content (AvgIpc) is 2.88. The summed E-state index contributed by atoms with van der Waals surface area (Å²) in [6, 6.07) is 5.13. The number of aryl methyl sites for hydroxylation is 1. The maximum atomic E-state index is 13.0. The molecule has 0 spiro atoms. The average molecular weight is 307 g/mol. The van der Waals surface area contributed by atoms with E-state index < -0.39 is 16.7 Å². The highest BCUT2D eigenvalue weighted by atomic mass is 19.1. The van der Waals surface area contributed by atoms with E-state index in [0.29, 0.717) is 5.69 Å². The summed E-state index contributed by atoms with van der Waals surface area (Å²) in [6.07, 6.45) is 0.275. The molecular weight excluding hydrogens is 293 g/mol. The third kappa shape index (κ3) is 2.80. The zero-order valence-corrected chi connectivity index (χ0v) is 12.1. The number of esters is 1. The predicted octanol–water partition coefficient (Wildman–Crippen LogP) is 2.66. The number of rotatable bonds is 5. The van der Waals surface area contributed by atoms with Crippen LogP contribution in [0.25, 0.3) is 5.69 Å². The Labute approximate surface area is 125 Å². The zero-order valence-electron chi connectivity index (χ0n) is 12.1. The maximum Gasteiger partial charge on any atom is 0.364 e. The van der Waals surface area contributed by atoms with Crippen LogP contribution in [0.1, 0.15) is 30.0 Å². The standard InChI is InChI=1S/C14H14FN3O4/c1-3-11-12(18(20)21)13(14(19)22-4-2)17(16-11)10-7-5-9(15)6-8-10/h5-8H,3-4H2,1-2H3. The van der Waals surface area contributed by atoms with Crippen molar-refractivity contribution in [3.63, 3.8) is 0 Å². The second-order valence-electron chi connectivity index (χ2n) is 4.36. The molecule has 0 N–H and O–H groups in total. The number of ether oxygens (including phenoxy) is 1. The van der Waals surface area contributed by atoms with Gasteiger partial charge in [-0.25, -0.2) is 13.9 Å². The lowest BCUT2D eigenvalue weighted by Crippen LogP contribution is -2.13. The fourth-order valence-corrected chi connectivity index (χ4v) is 2.04. The number of hydrogen-bond acceptors (Lipinski definition) is 5. The first-order valence-electron chi connectivity index (χ1n) is 6.68. The third-order valence-electron chi connectivity index (χ3n) is 2.99. The van der Waals surface area contributed by atoms with E-state index in [4.69, 9.17) is 4.74 Å². The number of hydrogen-bond donors (Lipinski definition) is 0. The third-order valence-corrected chi connectivity index (χ3v) is 2.99. The van der Waals surface area contributed by atoms with Gasteiger partial charge in [-0.05, 0) is 37.6 Å². The highest BCUT2D eigenvalue weighted by molar-refractivity contribution is 5.93. The molecule has 2 aromatic rings. The molecule has 0 unspecified atom stereocenters. The summed E-state index contributed by atoms with van der Waals surface area (Å²) in [4.78, 5) is 22.7. The van der Waals surface area contributed by atoms with Gasteiger partial charge in [0.05, 0.1) is 17.2 Å². The molecule has 0 aliphatic rings. The van der Waals surface area contributed by atoms with Gasteiger partial charge in [0, 0.05) is 0 Å². The van der Waals surface area contributed by atoms with Crippen molar-refractivity contribution in [1.29, 1.82) is 0 Å². The Bertz CT molecular complexity index is 710. The van der Waals surface area contributed by atoms with Gasteiger partial charge >= 0.3 is 11.7 Å². The largest absolute Gasteiger partial charge is 0.461 e. The van der Waals surface area contributed by atoms with E-state index in [1.165, 1.54) is 24.3 Å². The van der Waals surface area contributed by atoms with Crippen molar-refractivity contribution < 1.29 is 18.8 Å². The minimum absolute atomic E-state index is 0.0754. The van der Waals surface area contributed by atoms with Crippen molar-refractivity contribution in [2.24, 2.45) is 0 Å². The summed E-state index contributed by atoms with van der Waals surface area (Å²) in [7, 11) is 0. The van der Waals surface area contributed by atoms with Crippen molar-refractivity contribution in [1.82, 2.24) is 9.78 Å². The Balaban J connectivity index is 2.69. The molecule has 1 aromatic carbocycles. The molecule has 1 heterocycles. The van der Waals surface area contributed by atoms with Gasteiger partial charge in [0.2, 0.25) is 5.69 Å². The molecule has 0 fully saturated rings. The number of nitro groups is 1. The molecule has 0 aliphatic heterocycles. The molecule has 0 amide bonds. The monoisotopic (exact) mass is 307 g/mol. The second-order valence-corrected chi connectivity index (χ2v) is 4.36. The quantitative estimate of drug-likeness (QED) is 0.481. The highest BCUT2D eigenvalue weighted by Gasteiger charge is 2.33. The number of carbonyl (C=O) groups excluding carboxylic acids is 1. The first-order chi connectivity index (χ1) is 10.5. The van der Waals surface area contributed by atoms with Gasteiger partial charge in [0.1, 0.15) is 11.5 Å². The van der Waals surface area contributed by atoms with Crippen LogP contribution in [0, 0.1) is 15.9 Å². The second kappa shape index (κ2) is 6.33. The van der Waals surface area contributed by atoms with E-state index in [1.807, 2.05) is 0 Å². The van der Waals surface area contributed by atoms with Gasteiger partial charge in [0.15, 0.2) is 0 Å². The van der Waals surface area contributed by atoms with E-state index in [9.17, 15) is 19.3 Å². The van der Waals surface area contributed by atoms with Crippen LogP contribution < -0.4 is 0 Å². The molecular formula is C14H14FN3O4. The normalized spacial score (nSPS) is 10.5. The Morgan fingerprint density at radius 2 is 2.00 bits per heavy atom. The molecule has 1 aromatic heterocycles. The molecule has 22 heavy (non-hydrogen) atoms. The molecule has 0 saturated carbocycles. The Hall–Kier alpha value is -2.77. The highest BCUT2D eigenvalue weighted by Crippen LogP contribution is 2.27. The smallest absolute Gasteiger partial charge is 0.364 e. The van der Waals surface area contributed by atoms with E-state index in [0.717, 1.165) is 4.68 Å². The summed E-state index contributed by atoms with van der Waals surface area (Å²) < 4.78 is 19.0. The van der Waals surface area contributed by atoms with E-state index in [2.05, 4.69) is 5.10 Å². The van der Waals surface area contributed by atoms with E-state index in [1.54, 1.807) is 13.8 Å². The van der Waals surface area contributed by atoms with Crippen molar-refractivity contribution in [3.05, 3.63) is 51.6 Å². The van der Waals surface area contributed by atoms with Crippen molar-refractivity contribution >= 4 is 11.7 Å². The van der Waals surface area contributed by atoms with Crippen LogP contribution in [0.15, 0.2) is 24.3 Å². The van der Waals surface area contributed by atoms with Crippen molar-refractivity contribution in [2.75, 3.05) is 6.61 Å². The van der Waals surface area contributed by atoms with Crippen LogP contribution in [0.5, 0.6) is 0 Å². The molecule has 116 valence electrons. The van der Waals surface area contributed by atoms with Gasteiger partial charge in [-0.15, -0.1) is 0 Å². The Morgan fingerprint density at radius 3 is 2.50 bits per heavy atom. The fraction of sp³-hybridized carbons (Fsp3) is 0.286. The molecule has 0 aliphatic carbocycles. The zero-order chi connectivity index (χ0) is 16.3. The number of nitrogens with zero attached hydrogens (tertiary/aromatic N) is 3. The molecule has 0 atom stereocenters. The van der Waals surface area contributed by atoms with E-state index >= 15 is 0 Å². The first-order valence-corrected chi connectivity index (χ1v) is 6.68. The first kappa shape index (κ1) is 15.6. The molecule has 2 rings (SSSR count). The van der Waals surface area contributed by atoms with Crippen LogP contribution in [-0.2, 0) is 11.2 Å². The molecule has 0 radical (unpaired) electrons. The van der Waals surface area contributed by atoms with Crippen LogP contribution >= 0.6 is 0 Å². The SMILES string of the molecule is CCOC(=O)c1c([N+](=O)[O-])c(CC)nn1-c1ccc(F)cc1. The summed E-state index contributed by atoms with van der Waals surface area (Å²) in [5.74, 6) is -1.30. The van der Waals surface area contributed by atoms with Crippen LogP contribution in [0.2, 0.25) is 0 Å². The van der Waals surface area contributed by atoms with Crippen molar-refractivity contribution in [2.45, 2.75) is 20.3 Å². The van der Waals surface area contributed by atoms with Crippen LogP contribution in [0.3, 0.4) is 0 Å². The topological polar surface area (TPSA) is 87.3 Å². The van der Waals surface area contributed by atoms with Crippen LogP contribution in [-0.4, -0.2) is 27.3 Å². The van der Waals surface area contributed by atoms with Gasteiger partial charge < -0.3 is 4.74 Å². The Kier molecular flexibility index (Phi) is 4.50. The maximum absolute atomic E-state index is 13.0. The van der Waals surface area contributed by atoms with E-state index in [-0.39, 0.29) is 30.1 Å². The molecule has 7 nitrogen and oxygen atoms in total. The summed E-state index contributed by atoms with van der Waals surface area (Å²) in [6.45, 7) is 3.37. The summed E-state index contributed by atoms with van der Waals surface area (Å²) >= 11 is 0. The van der Waals surface area contributed by atoms with Gasteiger partial charge in [-0.1, -0.05) is 6.92 Å². The minimum atomic E-state index is -0.842. The molecule has 0 saturated heterocycles. The molecule has 8 heteroatoms. The predicted molar refractivity (Wildman–Crippen MR) is 75.5 cm³/mol. The van der Waals surface area contributed by atoms with Gasteiger partial charge in [0.25, 0.3) is 0 Å². The Morgan fingerprint density at radius 1 is 1.36 bits per heavy atom. The van der Waals surface area contributed by atoms with Crippen LogP contribution in [0.4, 0.5) is 10.1 Å². The number of benzene rings is 1. The summed E-state index contributed by atoms with van der Waals surface area (Å²) in [5.41, 5.74) is -0.148. The summed E-state index contributed by atoms with van der Waals surface area (Å²) in [5, 5.41) is 15.4. The number of halogens is 1. The lowest BCUT2D eigenvalue weighted by molar-refractivity contribution is -0.385. The van der Waals surface area contributed by atoms with Gasteiger partial charge in [-0.2, -0.15) is 5.10 Å². The number of aromatic nitrogens is 2. The minimum Gasteiger partial charge on any atom is -0.461 e. The lowest BCUT2D eigenvalue weighted by atomic mass is 10.2. The molecule has 0 bridgehead atoms. The van der Waals surface area contributed by atoms with Gasteiger partial charge in [-0.3, -0.25) is 10.1 Å². The fourth-order valence-electron chi connectivity index (χ4n) is 2.04.